The van der Waals surface area contributed by atoms with Gasteiger partial charge in [-0.05, 0) is 56.9 Å². The van der Waals surface area contributed by atoms with Crippen LogP contribution in [0.1, 0.15) is 22.7 Å². The molecule has 90 valence electrons. The third-order valence-electron chi connectivity index (χ3n) is 2.60. The van der Waals surface area contributed by atoms with Gasteiger partial charge in [-0.3, -0.25) is 0 Å². The van der Waals surface area contributed by atoms with Crippen LogP contribution in [0.2, 0.25) is 0 Å². The topological polar surface area (TPSA) is 26.0 Å². The summed E-state index contributed by atoms with van der Waals surface area (Å²) in [5, 5.41) is 3.79. The lowest BCUT2D eigenvalue weighted by molar-refractivity contribution is 0.572. The highest BCUT2D eigenvalue weighted by Gasteiger charge is 2.18. The van der Waals surface area contributed by atoms with Gasteiger partial charge < -0.3 is 5.73 Å². The third-order valence-corrected chi connectivity index (χ3v) is 4.09. The normalized spacial score (nSPS) is 12.8. The molecule has 0 bridgehead atoms. The summed E-state index contributed by atoms with van der Waals surface area (Å²) < 4.78 is 27.2. The summed E-state index contributed by atoms with van der Waals surface area (Å²) in [4.78, 5) is 0. The van der Waals surface area contributed by atoms with E-state index in [1.54, 1.807) is 0 Å². The highest BCUT2D eigenvalue weighted by molar-refractivity contribution is 9.10. The first-order valence-electron chi connectivity index (χ1n) is 4.93. The smallest absolute Gasteiger partial charge is 0.137 e. The Bertz CT molecular complexity index is 553. The van der Waals surface area contributed by atoms with Gasteiger partial charge in [-0.15, -0.1) is 0 Å². The van der Waals surface area contributed by atoms with Crippen molar-refractivity contribution in [2.45, 2.75) is 13.0 Å². The Kier molecular flexibility index (Phi) is 3.61. The fourth-order valence-corrected chi connectivity index (χ4v) is 2.84. The number of halogens is 3. The van der Waals surface area contributed by atoms with Gasteiger partial charge in [0.15, 0.2) is 0 Å². The maximum atomic E-state index is 13.7. The molecule has 0 radical (unpaired) electrons. The predicted octanol–water partition coefficient (Wildman–Crippen LogP) is 4.15. The van der Waals surface area contributed by atoms with Crippen LogP contribution in [0.25, 0.3) is 0 Å². The average Bonchev–Trinajstić information content (AvgIpc) is 2.69. The maximum Gasteiger partial charge on any atom is 0.137 e. The fraction of sp³-hybridized carbons (Fsp3) is 0.167. The molecule has 2 rings (SSSR count). The predicted molar refractivity (Wildman–Crippen MR) is 69.1 cm³/mol. The SMILES string of the molecule is Cc1cscc1C(N)c1cc(F)c(Br)cc1F. The van der Waals surface area contributed by atoms with Gasteiger partial charge in [0.05, 0.1) is 10.5 Å². The van der Waals surface area contributed by atoms with Crippen LogP contribution >= 0.6 is 27.3 Å². The van der Waals surface area contributed by atoms with Crippen LogP contribution in [0.4, 0.5) is 8.78 Å². The zero-order valence-corrected chi connectivity index (χ0v) is 11.4. The molecule has 0 saturated heterocycles. The number of thiophene rings is 1. The molecule has 1 atom stereocenters. The van der Waals surface area contributed by atoms with Gasteiger partial charge in [0.1, 0.15) is 11.6 Å². The first-order chi connectivity index (χ1) is 8.00. The van der Waals surface area contributed by atoms with Crippen molar-refractivity contribution in [1.29, 1.82) is 0 Å². The molecule has 2 aromatic rings. The molecule has 2 N–H and O–H groups in total. The zero-order chi connectivity index (χ0) is 12.6. The fourth-order valence-electron chi connectivity index (χ4n) is 1.63. The maximum absolute atomic E-state index is 13.7. The van der Waals surface area contributed by atoms with Crippen molar-refractivity contribution < 1.29 is 8.78 Å². The quantitative estimate of drug-likeness (QED) is 0.827. The molecule has 0 spiro atoms. The summed E-state index contributed by atoms with van der Waals surface area (Å²) in [5.74, 6) is -1.01. The van der Waals surface area contributed by atoms with Crippen LogP contribution in [0, 0.1) is 18.6 Å². The Balaban J connectivity index is 2.48. The summed E-state index contributed by atoms with van der Waals surface area (Å²) in [7, 11) is 0. The summed E-state index contributed by atoms with van der Waals surface area (Å²) in [5.41, 5.74) is 7.96. The summed E-state index contributed by atoms with van der Waals surface area (Å²) in [6, 6.07) is 1.61. The van der Waals surface area contributed by atoms with Crippen molar-refractivity contribution in [2.75, 3.05) is 0 Å². The van der Waals surface area contributed by atoms with Gasteiger partial charge in [0.25, 0.3) is 0 Å². The van der Waals surface area contributed by atoms with E-state index in [0.717, 1.165) is 23.3 Å². The molecule has 0 saturated carbocycles. The van der Waals surface area contributed by atoms with E-state index < -0.39 is 17.7 Å². The monoisotopic (exact) mass is 317 g/mol. The molecule has 0 fully saturated rings. The van der Waals surface area contributed by atoms with E-state index >= 15 is 0 Å². The van der Waals surface area contributed by atoms with Crippen molar-refractivity contribution in [2.24, 2.45) is 5.73 Å². The zero-order valence-electron chi connectivity index (χ0n) is 9.01. The minimum absolute atomic E-state index is 0.105. The molecule has 17 heavy (non-hydrogen) atoms. The first kappa shape index (κ1) is 12.7. The molecule has 1 aromatic heterocycles. The second kappa shape index (κ2) is 4.84. The van der Waals surface area contributed by atoms with E-state index in [1.165, 1.54) is 11.3 Å². The molecule has 0 aliphatic rings. The summed E-state index contributed by atoms with van der Waals surface area (Å²) >= 11 is 4.44. The molecular weight excluding hydrogens is 308 g/mol. The van der Waals surface area contributed by atoms with Crippen molar-refractivity contribution in [1.82, 2.24) is 0 Å². The highest BCUT2D eigenvalue weighted by atomic mass is 79.9. The Morgan fingerprint density at radius 1 is 1.18 bits per heavy atom. The van der Waals surface area contributed by atoms with E-state index in [1.807, 2.05) is 17.7 Å². The molecular formula is C12H10BrF2NS. The van der Waals surface area contributed by atoms with Crippen molar-refractivity contribution in [3.63, 3.8) is 0 Å². The molecule has 1 unspecified atom stereocenters. The second-order valence-corrected chi connectivity index (χ2v) is 5.37. The Morgan fingerprint density at radius 2 is 1.88 bits per heavy atom. The Morgan fingerprint density at radius 3 is 2.47 bits per heavy atom. The number of aryl methyl sites for hydroxylation is 1. The first-order valence-corrected chi connectivity index (χ1v) is 6.67. The summed E-state index contributed by atoms with van der Waals surface area (Å²) in [6.07, 6.45) is 0. The lowest BCUT2D eigenvalue weighted by Gasteiger charge is -2.13. The Hall–Kier alpha value is -0.780. The molecule has 0 aliphatic carbocycles. The van der Waals surface area contributed by atoms with Gasteiger partial charge in [-0.25, -0.2) is 8.78 Å². The van der Waals surface area contributed by atoms with Crippen LogP contribution in [-0.2, 0) is 0 Å². The van der Waals surface area contributed by atoms with Gasteiger partial charge in [-0.2, -0.15) is 11.3 Å². The molecule has 0 aliphatic heterocycles. The van der Waals surface area contributed by atoms with Crippen molar-refractivity contribution in [3.8, 4) is 0 Å². The number of nitrogens with two attached hydrogens (primary N) is 1. The van der Waals surface area contributed by atoms with Crippen LogP contribution in [0.3, 0.4) is 0 Å². The van der Waals surface area contributed by atoms with Crippen LogP contribution < -0.4 is 5.73 Å². The largest absolute Gasteiger partial charge is 0.320 e. The van der Waals surface area contributed by atoms with Crippen molar-refractivity contribution in [3.05, 3.63) is 55.7 Å². The highest BCUT2D eigenvalue weighted by Crippen LogP contribution is 2.29. The van der Waals surface area contributed by atoms with E-state index in [-0.39, 0.29) is 10.0 Å². The van der Waals surface area contributed by atoms with Crippen LogP contribution in [0.15, 0.2) is 27.4 Å². The van der Waals surface area contributed by atoms with Gasteiger partial charge in [-0.1, -0.05) is 0 Å². The molecule has 1 aromatic carbocycles. The number of rotatable bonds is 2. The second-order valence-electron chi connectivity index (χ2n) is 3.78. The number of hydrogen-bond acceptors (Lipinski definition) is 2. The molecule has 1 nitrogen and oxygen atoms in total. The number of benzene rings is 1. The van der Waals surface area contributed by atoms with E-state index in [0.29, 0.717) is 0 Å². The van der Waals surface area contributed by atoms with E-state index in [2.05, 4.69) is 15.9 Å². The van der Waals surface area contributed by atoms with Gasteiger partial charge in [0.2, 0.25) is 0 Å². The van der Waals surface area contributed by atoms with Crippen LogP contribution in [-0.4, -0.2) is 0 Å². The minimum atomic E-state index is -0.635. The van der Waals surface area contributed by atoms with Gasteiger partial charge in [0, 0.05) is 5.56 Å². The average molecular weight is 318 g/mol. The lowest BCUT2D eigenvalue weighted by Crippen LogP contribution is -2.14. The minimum Gasteiger partial charge on any atom is -0.320 e. The summed E-state index contributed by atoms with van der Waals surface area (Å²) in [6.45, 7) is 1.90. The Labute approximate surface area is 110 Å². The van der Waals surface area contributed by atoms with E-state index in [4.69, 9.17) is 5.73 Å². The standard InChI is InChI=1S/C12H10BrF2NS/c1-6-4-17-5-8(6)12(16)7-2-11(15)9(13)3-10(7)14/h2-5,12H,16H2,1H3. The lowest BCUT2D eigenvalue weighted by atomic mass is 9.99. The molecule has 0 amide bonds. The molecule has 1 heterocycles. The van der Waals surface area contributed by atoms with E-state index in [9.17, 15) is 8.78 Å². The van der Waals surface area contributed by atoms with Crippen LogP contribution in [0.5, 0.6) is 0 Å². The molecule has 5 heteroatoms. The van der Waals surface area contributed by atoms with Gasteiger partial charge >= 0.3 is 0 Å². The van der Waals surface area contributed by atoms with Crippen molar-refractivity contribution >= 4 is 27.3 Å². The number of hydrogen-bond donors (Lipinski definition) is 1. The third kappa shape index (κ3) is 2.41.